The molecule has 0 aromatic rings. The van der Waals surface area contributed by atoms with Crippen molar-refractivity contribution in [3.63, 3.8) is 0 Å². The Hall–Kier alpha value is -0.900. The molecule has 84 valence electrons. The highest BCUT2D eigenvalue weighted by Crippen LogP contribution is 2.40. The van der Waals surface area contributed by atoms with Crippen LogP contribution in [0.5, 0.6) is 0 Å². The van der Waals surface area contributed by atoms with Gasteiger partial charge in [0.25, 0.3) is 0 Å². The van der Waals surface area contributed by atoms with Gasteiger partial charge < -0.3 is 10.0 Å². The van der Waals surface area contributed by atoms with Gasteiger partial charge in [-0.25, -0.2) is 4.79 Å². The number of nitrogens with zero attached hydrogens (tertiary/aromatic N) is 1. The van der Waals surface area contributed by atoms with Crippen LogP contribution < -0.4 is 0 Å². The Balaban J connectivity index is 2.80. The standard InChI is InChI=1S/C11H17NO2S/c1-4-5-6-12-8(2)9(3)15-10(12)7-11(13)14/h7H,4-6H2,1-3H3,(H,13,14). The van der Waals surface area contributed by atoms with Gasteiger partial charge in [0.05, 0.1) is 11.1 Å². The minimum absolute atomic E-state index is 0.839. The first kappa shape index (κ1) is 12.2. The topological polar surface area (TPSA) is 40.5 Å². The zero-order valence-electron chi connectivity index (χ0n) is 9.41. The summed E-state index contributed by atoms with van der Waals surface area (Å²) in [6.45, 7) is 7.11. The SMILES string of the molecule is CCCCN1C(=CC(=O)O)SC(C)=C1C. The van der Waals surface area contributed by atoms with Crippen molar-refractivity contribution in [2.75, 3.05) is 6.54 Å². The van der Waals surface area contributed by atoms with Gasteiger partial charge in [0.1, 0.15) is 0 Å². The van der Waals surface area contributed by atoms with Crippen LogP contribution in [0, 0.1) is 0 Å². The molecule has 0 radical (unpaired) electrons. The van der Waals surface area contributed by atoms with Crippen molar-refractivity contribution >= 4 is 17.7 Å². The molecule has 0 aromatic heterocycles. The summed E-state index contributed by atoms with van der Waals surface area (Å²) < 4.78 is 0. The molecule has 0 spiro atoms. The number of allylic oxidation sites excluding steroid dienone is 2. The molecule has 1 aliphatic heterocycles. The fourth-order valence-electron chi connectivity index (χ4n) is 1.45. The monoisotopic (exact) mass is 227 g/mol. The Morgan fingerprint density at radius 3 is 2.73 bits per heavy atom. The van der Waals surface area contributed by atoms with Crippen LogP contribution in [-0.4, -0.2) is 22.5 Å². The Labute approximate surface area is 94.8 Å². The summed E-state index contributed by atoms with van der Waals surface area (Å²) in [7, 11) is 0. The Kier molecular flexibility index (Phi) is 4.27. The molecular formula is C11H17NO2S. The van der Waals surface area contributed by atoms with Crippen LogP contribution >= 0.6 is 11.8 Å². The lowest BCUT2D eigenvalue weighted by atomic mass is 10.3. The predicted octanol–water partition coefficient (Wildman–Crippen LogP) is 3.01. The van der Waals surface area contributed by atoms with Crippen LogP contribution in [0.15, 0.2) is 21.7 Å². The average Bonchev–Trinajstić information content (AvgIpc) is 2.40. The van der Waals surface area contributed by atoms with Gasteiger partial charge in [0, 0.05) is 17.1 Å². The molecule has 0 unspecified atom stereocenters. The summed E-state index contributed by atoms with van der Waals surface area (Å²) in [4.78, 5) is 13.9. The molecule has 0 bridgehead atoms. The summed E-state index contributed by atoms with van der Waals surface area (Å²) in [6.07, 6.45) is 3.50. The van der Waals surface area contributed by atoms with Crippen molar-refractivity contribution in [2.24, 2.45) is 0 Å². The number of aliphatic carboxylic acids is 1. The van der Waals surface area contributed by atoms with Crippen LogP contribution in [-0.2, 0) is 4.79 Å². The first-order valence-electron chi connectivity index (χ1n) is 5.13. The van der Waals surface area contributed by atoms with E-state index in [-0.39, 0.29) is 0 Å². The molecule has 0 amide bonds. The first-order valence-corrected chi connectivity index (χ1v) is 5.95. The van der Waals surface area contributed by atoms with Gasteiger partial charge in [-0.3, -0.25) is 0 Å². The van der Waals surface area contributed by atoms with E-state index in [1.807, 2.05) is 13.8 Å². The number of unbranched alkanes of at least 4 members (excludes halogenated alkanes) is 1. The lowest BCUT2D eigenvalue weighted by Gasteiger charge is -2.20. The molecule has 15 heavy (non-hydrogen) atoms. The second kappa shape index (κ2) is 5.26. The number of hydrogen-bond acceptors (Lipinski definition) is 3. The second-order valence-corrected chi connectivity index (χ2v) is 4.80. The molecule has 1 rings (SSSR count). The van der Waals surface area contributed by atoms with E-state index in [1.165, 1.54) is 16.7 Å². The van der Waals surface area contributed by atoms with Gasteiger partial charge in [-0.15, -0.1) is 0 Å². The van der Waals surface area contributed by atoms with Crippen LogP contribution in [0.2, 0.25) is 0 Å². The van der Waals surface area contributed by atoms with Crippen molar-refractivity contribution in [3.8, 4) is 0 Å². The van der Waals surface area contributed by atoms with Gasteiger partial charge in [-0.2, -0.15) is 0 Å². The van der Waals surface area contributed by atoms with E-state index in [9.17, 15) is 4.79 Å². The van der Waals surface area contributed by atoms with Crippen LogP contribution in [0.25, 0.3) is 0 Å². The molecule has 0 aromatic carbocycles. The smallest absolute Gasteiger partial charge is 0.330 e. The zero-order chi connectivity index (χ0) is 11.4. The van der Waals surface area contributed by atoms with E-state index in [1.54, 1.807) is 11.8 Å². The van der Waals surface area contributed by atoms with Crippen molar-refractivity contribution < 1.29 is 9.90 Å². The molecule has 1 aliphatic rings. The number of rotatable bonds is 4. The highest BCUT2D eigenvalue weighted by molar-refractivity contribution is 8.06. The van der Waals surface area contributed by atoms with E-state index < -0.39 is 5.97 Å². The van der Waals surface area contributed by atoms with E-state index in [0.29, 0.717) is 0 Å². The Bertz CT molecular complexity index is 321. The lowest BCUT2D eigenvalue weighted by Crippen LogP contribution is -2.18. The second-order valence-electron chi connectivity index (χ2n) is 3.57. The molecule has 0 atom stereocenters. The molecule has 1 heterocycles. The maximum Gasteiger partial charge on any atom is 0.330 e. The van der Waals surface area contributed by atoms with Gasteiger partial charge in [-0.1, -0.05) is 25.1 Å². The number of carboxylic acid groups (broad SMARTS) is 1. The van der Waals surface area contributed by atoms with Gasteiger partial charge >= 0.3 is 5.97 Å². The zero-order valence-corrected chi connectivity index (χ0v) is 10.2. The number of thioether (sulfide) groups is 1. The van der Waals surface area contributed by atoms with E-state index in [4.69, 9.17) is 5.11 Å². The molecule has 3 nitrogen and oxygen atoms in total. The highest BCUT2D eigenvalue weighted by atomic mass is 32.2. The normalized spacial score (nSPS) is 19.1. The lowest BCUT2D eigenvalue weighted by molar-refractivity contribution is -0.131. The van der Waals surface area contributed by atoms with Crippen molar-refractivity contribution in [1.29, 1.82) is 0 Å². The van der Waals surface area contributed by atoms with Gasteiger partial charge in [0.2, 0.25) is 0 Å². The third kappa shape index (κ3) is 3.02. The maximum atomic E-state index is 10.7. The molecule has 0 fully saturated rings. The number of hydrogen-bond donors (Lipinski definition) is 1. The molecule has 1 N–H and O–H groups in total. The Morgan fingerprint density at radius 1 is 1.53 bits per heavy atom. The van der Waals surface area contributed by atoms with E-state index in [0.717, 1.165) is 24.4 Å². The number of carboxylic acids is 1. The minimum Gasteiger partial charge on any atom is -0.478 e. The summed E-state index contributed by atoms with van der Waals surface area (Å²) in [5, 5.41) is 9.59. The molecule has 0 saturated carbocycles. The highest BCUT2D eigenvalue weighted by Gasteiger charge is 2.22. The van der Waals surface area contributed by atoms with Crippen LogP contribution in [0.3, 0.4) is 0 Å². The van der Waals surface area contributed by atoms with Crippen molar-refractivity contribution in [3.05, 3.63) is 21.7 Å². The van der Waals surface area contributed by atoms with Crippen LogP contribution in [0.4, 0.5) is 0 Å². The summed E-state index contributed by atoms with van der Waals surface area (Å²) in [5.74, 6) is -0.874. The summed E-state index contributed by atoms with van der Waals surface area (Å²) in [6, 6.07) is 0. The van der Waals surface area contributed by atoms with Gasteiger partial charge in [-0.05, 0) is 20.3 Å². The quantitative estimate of drug-likeness (QED) is 0.749. The largest absolute Gasteiger partial charge is 0.478 e. The van der Waals surface area contributed by atoms with Crippen molar-refractivity contribution in [2.45, 2.75) is 33.6 Å². The van der Waals surface area contributed by atoms with Crippen molar-refractivity contribution in [1.82, 2.24) is 4.90 Å². The molecule has 0 saturated heterocycles. The molecular weight excluding hydrogens is 210 g/mol. The summed E-state index contributed by atoms with van der Waals surface area (Å²) >= 11 is 1.55. The van der Waals surface area contributed by atoms with Gasteiger partial charge in [0.15, 0.2) is 0 Å². The molecule has 4 heteroatoms. The van der Waals surface area contributed by atoms with Crippen LogP contribution in [0.1, 0.15) is 33.6 Å². The fraction of sp³-hybridized carbons (Fsp3) is 0.545. The fourth-order valence-corrected chi connectivity index (χ4v) is 2.52. The predicted molar refractivity (Wildman–Crippen MR) is 63.3 cm³/mol. The summed E-state index contributed by atoms with van der Waals surface area (Å²) in [5.41, 5.74) is 1.18. The third-order valence-electron chi connectivity index (χ3n) is 2.42. The maximum absolute atomic E-state index is 10.7. The first-order chi connectivity index (χ1) is 7.06. The van der Waals surface area contributed by atoms with E-state index >= 15 is 0 Å². The third-order valence-corrected chi connectivity index (χ3v) is 3.57. The average molecular weight is 227 g/mol. The minimum atomic E-state index is -0.874. The Morgan fingerprint density at radius 2 is 2.20 bits per heavy atom. The molecule has 0 aliphatic carbocycles. The van der Waals surface area contributed by atoms with E-state index in [2.05, 4.69) is 11.8 Å². The number of carbonyl (C=O) groups is 1.